The van der Waals surface area contributed by atoms with Crippen molar-refractivity contribution in [1.82, 2.24) is 9.97 Å². The zero-order valence-corrected chi connectivity index (χ0v) is 12.4. The lowest BCUT2D eigenvalue weighted by Crippen LogP contribution is -2.46. The third kappa shape index (κ3) is 2.19. The zero-order valence-electron chi connectivity index (χ0n) is 12.4. The minimum atomic E-state index is 0.502. The molecule has 1 fully saturated rings. The van der Waals surface area contributed by atoms with Crippen LogP contribution in [0.25, 0.3) is 10.9 Å². The van der Waals surface area contributed by atoms with E-state index in [0.717, 1.165) is 29.0 Å². The van der Waals surface area contributed by atoms with E-state index in [1.165, 1.54) is 6.42 Å². The normalized spacial score (nSPS) is 26.9. The first-order valence-electron chi connectivity index (χ1n) is 7.33. The van der Waals surface area contributed by atoms with Gasteiger partial charge in [-0.1, -0.05) is 13.8 Å². The molecule has 3 atom stereocenters. The lowest BCUT2D eigenvalue weighted by Gasteiger charge is -2.42. The van der Waals surface area contributed by atoms with Crippen molar-refractivity contribution in [3.8, 4) is 0 Å². The number of benzene rings is 1. The first-order valence-corrected chi connectivity index (χ1v) is 7.33. The summed E-state index contributed by atoms with van der Waals surface area (Å²) in [6, 6.07) is 6.39. The highest BCUT2D eigenvalue weighted by Gasteiger charge is 2.30. The van der Waals surface area contributed by atoms with Crippen LogP contribution in [0, 0.1) is 11.8 Å². The van der Waals surface area contributed by atoms with Crippen molar-refractivity contribution in [3.63, 3.8) is 0 Å². The third-order valence-corrected chi connectivity index (χ3v) is 4.51. The van der Waals surface area contributed by atoms with Crippen LogP contribution in [0.1, 0.15) is 27.2 Å². The summed E-state index contributed by atoms with van der Waals surface area (Å²) in [7, 11) is 0. The molecule has 2 N–H and O–H groups in total. The number of fused-ring (bicyclic) bond motifs is 1. The molecule has 3 rings (SSSR count). The van der Waals surface area contributed by atoms with E-state index in [2.05, 4.69) is 35.6 Å². The van der Waals surface area contributed by atoms with Gasteiger partial charge in [0.1, 0.15) is 12.1 Å². The minimum Gasteiger partial charge on any atom is -0.399 e. The Morgan fingerprint density at radius 1 is 1.20 bits per heavy atom. The number of piperidine rings is 1. The third-order valence-electron chi connectivity index (χ3n) is 4.51. The number of aromatic nitrogens is 2. The van der Waals surface area contributed by atoms with Crippen LogP contribution in [-0.2, 0) is 0 Å². The van der Waals surface area contributed by atoms with Gasteiger partial charge in [0.2, 0.25) is 0 Å². The van der Waals surface area contributed by atoms with Crippen molar-refractivity contribution in [1.29, 1.82) is 0 Å². The SMILES string of the molecule is CC1CC(C)C(C)N(c2ncnc3cc(N)ccc23)C1. The van der Waals surface area contributed by atoms with Crippen molar-refractivity contribution in [3.05, 3.63) is 24.5 Å². The van der Waals surface area contributed by atoms with Crippen LogP contribution in [0.5, 0.6) is 0 Å². The predicted molar refractivity (Wildman–Crippen MR) is 83.7 cm³/mol. The van der Waals surface area contributed by atoms with Gasteiger partial charge in [-0.05, 0) is 43.4 Å². The maximum atomic E-state index is 5.85. The van der Waals surface area contributed by atoms with Gasteiger partial charge in [0, 0.05) is 23.7 Å². The minimum absolute atomic E-state index is 0.502. The first-order chi connectivity index (χ1) is 9.56. The van der Waals surface area contributed by atoms with Crippen molar-refractivity contribution in [2.45, 2.75) is 33.2 Å². The van der Waals surface area contributed by atoms with E-state index >= 15 is 0 Å². The summed E-state index contributed by atoms with van der Waals surface area (Å²) in [6.45, 7) is 8.00. The topological polar surface area (TPSA) is 55.0 Å². The van der Waals surface area contributed by atoms with Crippen LogP contribution < -0.4 is 10.6 Å². The highest BCUT2D eigenvalue weighted by molar-refractivity contribution is 5.91. The number of nitrogens with zero attached hydrogens (tertiary/aromatic N) is 3. The fraction of sp³-hybridized carbons (Fsp3) is 0.500. The molecule has 1 aliphatic heterocycles. The first kappa shape index (κ1) is 13.2. The molecule has 2 heterocycles. The summed E-state index contributed by atoms with van der Waals surface area (Å²) in [6.07, 6.45) is 2.93. The molecule has 0 amide bonds. The van der Waals surface area contributed by atoms with Crippen molar-refractivity contribution in [2.75, 3.05) is 17.2 Å². The molecular formula is C16H22N4. The van der Waals surface area contributed by atoms with Gasteiger partial charge in [0.15, 0.2) is 0 Å². The Bertz CT molecular complexity index is 625. The zero-order chi connectivity index (χ0) is 14.3. The van der Waals surface area contributed by atoms with E-state index in [0.29, 0.717) is 17.9 Å². The Hall–Kier alpha value is -1.84. The Morgan fingerprint density at radius 2 is 2.00 bits per heavy atom. The molecule has 1 saturated heterocycles. The molecule has 3 unspecified atom stereocenters. The molecule has 4 nitrogen and oxygen atoms in total. The number of anilines is 2. The molecule has 1 aliphatic rings. The molecule has 0 saturated carbocycles. The van der Waals surface area contributed by atoms with E-state index < -0.39 is 0 Å². The Balaban J connectivity index is 2.09. The fourth-order valence-corrected chi connectivity index (χ4v) is 3.28. The Labute approximate surface area is 120 Å². The van der Waals surface area contributed by atoms with Crippen molar-refractivity contribution >= 4 is 22.4 Å². The number of nitrogen functional groups attached to an aromatic ring is 1. The van der Waals surface area contributed by atoms with Crippen LogP contribution in [0.15, 0.2) is 24.5 Å². The molecule has 0 spiro atoms. The second kappa shape index (κ2) is 4.93. The van der Waals surface area contributed by atoms with Crippen LogP contribution >= 0.6 is 0 Å². The molecule has 20 heavy (non-hydrogen) atoms. The summed E-state index contributed by atoms with van der Waals surface area (Å²) < 4.78 is 0. The maximum Gasteiger partial charge on any atom is 0.140 e. The van der Waals surface area contributed by atoms with Gasteiger partial charge in [-0.3, -0.25) is 0 Å². The van der Waals surface area contributed by atoms with E-state index in [4.69, 9.17) is 5.73 Å². The molecular weight excluding hydrogens is 248 g/mol. The van der Waals surface area contributed by atoms with E-state index in [-0.39, 0.29) is 0 Å². The summed E-state index contributed by atoms with van der Waals surface area (Å²) in [5.41, 5.74) is 7.52. The van der Waals surface area contributed by atoms with Gasteiger partial charge < -0.3 is 10.6 Å². The molecule has 2 aromatic rings. The molecule has 4 heteroatoms. The highest BCUT2D eigenvalue weighted by Crippen LogP contribution is 2.33. The largest absolute Gasteiger partial charge is 0.399 e. The number of hydrogen-bond donors (Lipinski definition) is 1. The van der Waals surface area contributed by atoms with Crippen LogP contribution in [0.3, 0.4) is 0 Å². The van der Waals surface area contributed by atoms with Crippen molar-refractivity contribution in [2.24, 2.45) is 11.8 Å². The molecule has 1 aromatic heterocycles. The lowest BCUT2D eigenvalue weighted by molar-refractivity contribution is 0.296. The second-order valence-corrected chi connectivity index (χ2v) is 6.18. The van der Waals surface area contributed by atoms with Crippen molar-refractivity contribution < 1.29 is 0 Å². The van der Waals surface area contributed by atoms with Gasteiger partial charge in [-0.15, -0.1) is 0 Å². The molecule has 0 aliphatic carbocycles. The smallest absolute Gasteiger partial charge is 0.140 e. The second-order valence-electron chi connectivity index (χ2n) is 6.18. The fourth-order valence-electron chi connectivity index (χ4n) is 3.28. The van der Waals surface area contributed by atoms with Gasteiger partial charge >= 0.3 is 0 Å². The van der Waals surface area contributed by atoms with Crippen LogP contribution in [0.4, 0.5) is 11.5 Å². The Kier molecular flexibility index (Phi) is 3.24. The molecule has 0 radical (unpaired) electrons. The van der Waals surface area contributed by atoms with E-state index in [9.17, 15) is 0 Å². The lowest BCUT2D eigenvalue weighted by atomic mass is 9.86. The number of nitrogens with two attached hydrogens (primary N) is 1. The summed E-state index contributed by atoms with van der Waals surface area (Å²) >= 11 is 0. The van der Waals surface area contributed by atoms with E-state index in [1.807, 2.05) is 18.2 Å². The van der Waals surface area contributed by atoms with Gasteiger partial charge in [0.05, 0.1) is 5.52 Å². The average Bonchev–Trinajstić information content (AvgIpc) is 2.42. The number of rotatable bonds is 1. The predicted octanol–water partition coefficient (Wildman–Crippen LogP) is 3.08. The number of hydrogen-bond acceptors (Lipinski definition) is 4. The molecule has 0 bridgehead atoms. The Morgan fingerprint density at radius 3 is 2.80 bits per heavy atom. The summed E-state index contributed by atoms with van der Waals surface area (Å²) in [5.74, 6) is 2.42. The monoisotopic (exact) mass is 270 g/mol. The summed E-state index contributed by atoms with van der Waals surface area (Å²) in [5, 5.41) is 1.09. The standard InChI is InChI=1S/C16H22N4/c1-10-6-11(2)12(3)20(8-10)16-14-5-4-13(17)7-15(14)18-9-19-16/h4-5,7,9-12H,6,8,17H2,1-3H3. The maximum absolute atomic E-state index is 5.85. The molecule has 1 aromatic carbocycles. The van der Waals surface area contributed by atoms with Gasteiger partial charge in [0.25, 0.3) is 0 Å². The van der Waals surface area contributed by atoms with Crippen LogP contribution in [-0.4, -0.2) is 22.6 Å². The quantitative estimate of drug-likeness (QED) is 0.809. The van der Waals surface area contributed by atoms with Gasteiger partial charge in [-0.25, -0.2) is 9.97 Å². The highest BCUT2D eigenvalue weighted by atomic mass is 15.2. The summed E-state index contributed by atoms with van der Waals surface area (Å²) in [4.78, 5) is 11.3. The van der Waals surface area contributed by atoms with Gasteiger partial charge in [-0.2, -0.15) is 0 Å². The molecule has 106 valence electrons. The van der Waals surface area contributed by atoms with Crippen LogP contribution in [0.2, 0.25) is 0 Å². The van der Waals surface area contributed by atoms with E-state index in [1.54, 1.807) is 6.33 Å². The average molecular weight is 270 g/mol.